The molecule has 0 aliphatic heterocycles. The average molecular weight is 560 g/mol. The van der Waals surface area contributed by atoms with E-state index in [-0.39, 0.29) is 34.3 Å². The van der Waals surface area contributed by atoms with Crippen LogP contribution in [0, 0.1) is 0 Å². The van der Waals surface area contributed by atoms with Gasteiger partial charge in [-0.25, -0.2) is 0 Å². The number of rotatable bonds is 7. The zero-order chi connectivity index (χ0) is 29.2. The molecule has 2 N–H and O–H groups in total. The third kappa shape index (κ3) is 7.73. The molecule has 0 bridgehead atoms. The molecule has 208 valence electrons. The van der Waals surface area contributed by atoms with E-state index >= 15 is 0 Å². The first kappa shape index (κ1) is 30.0. The second-order valence-corrected chi connectivity index (χ2v) is 8.68. The van der Waals surface area contributed by atoms with Crippen LogP contribution in [-0.2, 0) is 18.5 Å². The van der Waals surface area contributed by atoms with Gasteiger partial charge in [0.2, 0.25) is 0 Å². The van der Waals surface area contributed by atoms with Gasteiger partial charge in [0.1, 0.15) is 6.10 Å². The maximum absolute atomic E-state index is 12.9. The minimum atomic E-state index is -4.61. The summed E-state index contributed by atoms with van der Waals surface area (Å²) in [5.41, 5.74) is -2.47. The first-order valence-electron chi connectivity index (χ1n) is 11.2. The lowest BCUT2D eigenvalue weighted by molar-refractivity contribution is -0.138. The van der Waals surface area contributed by atoms with Crippen LogP contribution in [0.5, 0.6) is 0 Å². The number of benzene rings is 3. The van der Waals surface area contributed by atoms with Crippen LogP contribution in [0.15, 0.2) is 90.5 Å². The van der Waals surface area contributed by atoms with Crippen LogP contribution in [0.2, 0.25) is 0 Å². The molecule has 2 atom stereocenters. The maximum Gasteiger partial charge on any atom is 0.416 e. The summed E-state index contributed by atoms with van der Waals surface area (Å²) in [4.78, 5) is 0. The molecule has 3 rings (SSSR count). The molecule has 39 heavy (non-hydrogen) atoms. The Morgan fingerprint density at radius 1 is 0.615 bits per heavy atom. The predicted octanol–water partition coefficient (Wildman–Crippen LogP) is 8.54. The van der Waals surface area contributed by atoms with Crippen LogP contribution < -0.4 is 0 Å². The van der Waals surface area contributed by atoms with Crippen molar-refractivity contribution in [3.63, 3.8) is 0 Å². The van der Waals surface area contributed by atoms with E-state index in [9.17, 15) is 49.7 Å². The first-order valence-corrected chi connectivity index (χ1v) is 11.2. The fraction of sp³-hybridized carbons (Fsp3) is 0.214. The molecular weight excluding hydrogens is 539 g/mol. The van der Waals surface area contributed by atoms with E-state index in [1.807, 2.05) is 0 Å². The second-order valence-electron chi connectivity index (χ2n) is 8.68. The van der Waals surface area contributed by atoms with Gasteiger partial charge in [-0.2, -0.15) is 39.5 Å². The second kappa shape index (κ2) is 11.3. The molecule has 0 aromatic heterocycles. The molecule has 0 spiro atoms. The van der Waals surface area contributed by atoms with Gasteiger partial charge in [0.05, 0.1) is 22.8 Å². The summed E-state index contributed by atoms with van der Waals surface area (Å²) in [6, 6.07) is 11.1. The van der Waals surface area contributed by atoms with Gasteiger partial charge in [-0.05, 0) is 64.2 Å². The minimum absolute atomic E-state index is 0.0235. The van der Waals surface area contributed by atoms with Crippen LogP contribution in [0.1, 0.15) is 52.0 Å². The van der Waals surface area contributed by atoms with E-state index in [2.05, 4.69) is 6.58 Å². The van der Waals surface area contributed by atoms with Crippen molar-refractivity contribution in [2.75, 3.05) is 0 Å². The molecule has 3 aromatic carbocycles. The van der Waals surface area contributed by atoms with Crippen LogP contribution in [0.25, 0.3) is 6.08 Å². The number of aliphatic hydroxyl groups excluding tert-OH is 2. The normalized spacial score (nSPS) is 14.7. The van der Waals surface area contributed by atoms with Crippen molar-refractivity contribution in [2.45, 2.75) is 37.2 Å². The fourth-order valence-corrected chi connectivity index (χ4v) is 3.70. The number of aliphatic hydroxyl groups is 2. The molecule has 0 radical (unpaired) electrons. The van der Waals surface area contributed by atoms with Gasteiger partial charge in [-0.1, -0.05) is 49.1 Å². The Balaban J connectivity index is 1.94. The van der Waals surface area contributed by atoms with Crippen LogP contribution >= 0.6 is 0 Å². The van der Waals surface area contributed by atoms with E-state index in [0.717, 1.165) is 72.8 Å². The molecule has 0 fully saturated rings. The number of halogens is 9. The lowest BCUT2D eigenvalue weighted by atomic mass is 9.89. The largest absolute Gasteiger partial charge is 0.416 e. The van der Waals surface area contributed by atoms with Gasteiger partial charge in [-0.3, -0.25) is 0 Å². The summed E-state index contributed by atoms with van der Waals surface area (Å²) >= 11 is 0. The monoisotopic (exact) mass is 560 g/mol. The third-order valence-corrected chi connectivity index (χ3v) is 5.91. The van der Waals surface area contributed by atoms with Crippen LogP contribution in [0.3, 0.4) is 0 Å². The van der Waals surface area contributed by atoms with Gasteiger partial charge in [0, 0.05) is 6.42 Å². The predicted molar refractivity (Wildman–Crippen MR) is 126 cm³/mol. The summed E-state index contributed by atoms with van der Waals surface area (Å²) in [6.07, 6.45) is -15.8. The zero-order valence-corrected chi connectivity index (χ0v) is 19.9. The summed E-state index contributed by atoms with van der Waals surface area (Å²) in [6.45, 7) is 3.77. The molecule has 2 unspecified atom stereocenters. The van der Waals surface area contributed by atoms with Crippen molar-refractivity contribution >= 4 is 6.08 Å². The van der Waals surface area contributed by atoms with Gasteiger partial charge in [0.25, 0.3) is 0 Å². The molecule has 11 heteroatoms. The topological polar surface area (TPSA) is 40.5 Å². The fourth-order valence-electron chi connectivity index (χ4n) is 3.70. The van der Waals surface area contributed by atoms with Gasteiger partial charge < -0.3 is 10.2 Å². The van der Waals surface area contributed by atoms with E-state index in [4.69, 9.17) is 0 Å². The van der Waals surface area contributed by atoms with E-state index in [1.54, 1.807) is 0 Å². The van der Waals surface area contributed by atoms with E-state index < -0.39 is 47.4 Å². The van der Waals surface area contributed by atoms with Gasteiger partial charge >= 0.3 is 18.5 Å². The lowest BCUT2D eigenvalue weighted by Crippen LogP contribution is -2.09. The summed E-state index contributed by atoms with van der Waals surface area (Å²) in [5.74, 6) is 0. The molecule has 0 amide bonds. The van der Waals surface area contributed by atoms with Crippen molar-refractivity contribution in [1.29, 1.82) is 0 Å². The van der Waals surface area contributed by atoms with Gasteiger partial charge in [0.15, 0.2) is 0 Å². The number of hydrogen-bond donors (Lipinski definition) is 2. The highest BCUT2D eigenvalue weighted by atomic mass is 19.4. The Morgan fingerprint density at radius 3 is 1.36 bits per heavy atom. The lowest BCUT2D eigenvalue weighted by Gasteiger charge is -2.21. The molecule has 0 heterocycles. The summed E-state index contributed by atoms with van der Waals surface area (Å²) in [5, 5.41) is 21.5. The number of alkyl halides is 9. The minimum Gasteiger partial charge on any atom is -0.388 e. The molecule has 3 aromatic rings. The van der Waals surface area contributed by atoms with Crippen molar-refractivity contribution < 1.29 is 49.7 Å². The van der Waals surface area contributed by atoms with Crippen molar-refractivity contribution in [3.8, 4) is 0 Å². The Kier molecular flexibility index (Phi) is 8.66. The zero-order valence-electron chi connectivity index (χ0n) is 19.9. The summed E-state index contributed by atoms with van der Waals surface area (Å²) in [7, 11) is 0. The summed E-state index contributed by atoms with van der Waals surface area (Å²) < 4.78 is 116. The third-order valence-electron chi connectivity index (χ3n) is 5.91. The molecule has 0 aliphatic rings. The highest BCUT2D eigenvalue weighted by molar-refractivity contribution is 5.60. The standard InChI is InChI=1S/C28H21F9O2/c1-16(25(39)19-6-12-23(13-7-19)28(35,36)37)20(14-17-2-8-21(9-3-17)26(29,30)31)15-24(38)18-4-10-22(11-5-18)27(32,33)34/h2-14,24-25,38-39H,1,15H2/b20-14-. The molecule has 0 saturated carbocycles. The average Bonchev–Trinajstić information content (AvgIpc) is 2.86. The highest BCUT2D eigenvalue weighted by Crippen LogP contribution is 2.37. The highest BCUT2D eigenvalue weighted by Gasteiger charge is 2.32. The van der Waals surface area contributed by atoms with E-state index in [1.165, 1.54) is 6.08 Å². The Morgan fingerprint density at radius 2 is 0.974 bits per heavy atom. The molecule has 0 saturated heterocycles. The Hall–Kier alpha value is -3.57. The Bertz CT molecular complexity index is 1300. The SMILES string of the molecule is C=C(/C(=C\c1ccc(C(F)(F)F)cc1)CC(O)c1ccc(C(F)(F)F)cc1)C(O)c1ccc(C(F)(F)F)cc1. The van der Waals surface area contributed by atoms with Crippen molar-refractivity contribution in [2.24, 2.45) is 0 Å². The molecule has 2 nitrogen and oxygen atoms in total. The van der Waals surface area contributed by atoms with Crippen molar-refractivity contribution in [3.05, 3.63) is 124 Å². The van der Waals surface area contributed by atoms with Gasteiger partial charge in [-0.15, -0.1) is 0 Å². The quantitative estimate of drug-likeness (QED) is 0.225. The van der Waals surface area contributed by atoms with E-state index in [0.29, 0.717) is 0 Å². The maximum atomic E-state index is 12.9. The Labute approximate surface area is 217 Å². The molecule has 0 aliphatic carbocycles. The smallest absolute Gasteiger partial charge is 0.388 e. The number of hydrogen-bond acceptors (Lipinski definition) is 2. The van der Waals surface area contributed by atoms with Crippen LogP contribution in [-0.4, -0.2) is 10.2 Å². The first-order chi connectivity index (χ1) is 18.0. The van der Waals surface area contributed by atoms with Crippen LogP contribution in [0.4, 0.5) is 39.5 Å². The van der Waals surface area contributed by atoms with Crippen molar-refractivity contribution in [1.82, 2.24) is 0 Å². The molecular formula is C28H21F9O2.